The van der Waals surface area contributed by atoms with Gasteiger partial charge in [0.25, 0.3) is 11.5 Å². The molecule has 126 valence electrons. The third-order valence-corrected chi connectivity index (χ3v) is 5.02. The molecule has 0 radical (unpaired) electrons. The molecule has 0 bridgehead atoms. The zero-order chi connectivity index (χ0) is 16.9. The van der Waals surface area contributed by atoms with E-state index in [1.54, 1.807) is 17.8 Å². The molecule has 1 heterocycles. The molecule has 1 aliphatic carbocycles. The molecule has 0 aliphatic heterocycles. The molecule has 24 heavy (non-hydrogen) atoms. The van der Waals surface area contributed by atoms with Crippen molar-refractivity contribution in [2.75, 3.05) is 12.3 Å². The van der Waals surface area contributed by atoms with Crippen molar-refractivity contribution >= 4 is 17.7 Å². The Hall–Kier alpha value is -2.08. The monoisotopic (exact) mass is 343 g/mol. The highest BCUT2D eigenvalue weighted by Gasteiger charge is 2.15. The van der Waals surface area contributed by atoms with Gasteiger partial charge in [0.05, 0.1) is 17.8 Å². The fourth-order valence-electron chi connectivity index (χ4n) is 2.91. The first-order valence-electron chi connectivity index (χ1n) is 8.29. The number of aromatic nitrogens is 2. The number of carbonyl (C=O) groups excluding carboxylic acids is 1. The molecule has 0 spiro atoms. The number of hydrogen-bond acceptors (Lipinski definition) is 4. The average molecular weight is 343 g/mol. The first kappa shape index (κ1) is 16.8. The molecule has 0 atom stereocenters. The minimum absolute atomic E-state index is 0.0909. The van der Waals surface area contributed by atoms with E-state index in [9.17, 15) is 9.59 Å². The largest absolute Gasteiger partial charge is 0.350 e. The quantitative estimate of drug-likeness (QED) is 0.817. The number of benzene rings is 1. The molecule has 1 aliphatic rings. The Labute approximate surface area is 145 Å². The van der Waals surface area contributed by atoms with Gasteiger partial charge in [0, 0.05) is 17.5 Å². The Balaban J connectivity index is 1.63. The molecule has 0 fully saturated rings. The lowest BCUT2D eigenvalue weighted by Crippen LogP contribution is -2.32. The topological polar surface area (TPSA) is 64.0 Å². The molecule has 6 heteroatoms. The van der Waals surface area contributed by atoms with Crippen LogP contribution in [0.25, 0.3) is 0 Å². The van der Waals surface area contributed by atoms with E-state index < -0.39 is 0 Å². The van der Waals surface area contributed by atoms with Crippen LogP contribution in [-0.2, 0) is 19.4 Å². The van der Waals surface area contributed by atoms with Gasteiger partial charge in [-0.1, -0.05) is 19.1 Å². The van der Waals surface area contributed by atoms with E-state index in [1.165, 1.54) is 4.68 Å². The van der Waals surface area contributed by atoms with Crippen LogP contribution >= 0.6 is 11.8 Å². The van der Waals surface area contributed by atoms with Crippen LogP contribution in [0.15, 0.2) is 40.0 Å². The van der Waals surface area contributed by atoms with Gasteiger partial charge in [0.1, 0.15) is 0 Å². The lowest BCUT2D eigenvalue weighted by molar-refractivity contribution is 0.0949. The maximum absolute atomic E-state index is 12.4. The predicted molar refractivity (Wildman–Crippen MR) is 95.7 cm³/mol. The molecule has 1 aromatic carbocycles. The van der Waals surface area contributed by atoms with Crippen molar-refractivity contribution in [3.05, 3.63) is 57.5 Å². The summed E-state index contributed by atoms with van der Waals surface area (Å²) in [5.74, 6) is 0.805. The molecule has 0 unspecified atom stereocenters. The van der Waals surface area contributed by atoms with Crippen LogP contribution in [0, 0.1) is 0 Å². The highest BCUT2D eigenvalue weighted by Crippen LogP contribution is 2.22. The van der Waals surface area contributed by atoms with Crippen LogP contribution in [0.4, 0.5) is 0 Å². The summed E-state index contributed by atoms with van der Waals surface area (Å²) in [5.41, 5.74) is 2.68. The number of amides is 1. The number of nitrogens with one attached hydrogen (secondary N) is 1. The van der Waals surface area contributed by atoms with Crippen LogP contribution in [-0.4, -0.2) is 28.0 Å². The van der Waals surface area contributed by atoms with Crippen molar-refractivity contribution in [3.63, 3.8) is 0 Å². The van der Waals surface area contributed by atoms with Gasteiger partial charge in [-0.2, -0.15) is 5.10 Å². The maximum atomic E-state index is 12.4. The number of hydrogen-bond donors (Lipinski definition) is 1. The molecular weight excluding hydrogens is 322 g/mol. The summed E-state index contributed by atoms with van der Waals surface area (Å²) < 4.78 is 1.46. The van der Waals surface area contributed by atoms with Crippen LogP contribution in [0.2, 0.25) is 0 Å². The fourth-order valence-corrected chi connectivity index (χ4v) is 3.71. The van der Waals surface area contributed by atoms with E-state index in [1.807, 2.05) is 24.3 Å². The molecule has 0 saturated heterocycles. The van der Waals surface area contributed by atoms with Gasteiger partial charge in [0.2, 0.25) is 0 Å². The molecule has 1 amide bonds. The van der Waals surface area contributed by atoms with Gasteiger partial charge in [-0.25, -0.2) is 4.68 Å². The first-order chi connectivity index (χ1) is 11.7. The van der Waals surface area contributed by atoms with Gasteiger partial charge >= 0.3 is 0 Å². The molecule has 0 saturated carbocycles. The summed E-state index contributed by atoms with van der Waals surface area (Å²) in [6, 6.07) is 9.26. The van der Waals surface area contributed by atoms with Crippen LogP contribution in [0.1, 0.15) is 35.0 Å². The Morgan fingerprint density at radius 2 is 2.17 bits per heavy atom. The van der Waals surface area contributed by atoms with Crippen LogP contribution in [0.5, 0.6) is 0 Å². The first-order valence-corrected chi connectivity index (χ1v) is 9.27. The molecule has 1 N–H and O–H groups in total. The van der Waals surface area contributed by atoms with Crippen molar-refractivity contribution in [2.45, 2.75) is 37.6 Å². The number of fused-ring (bicyclic) bond motifs is 1. The molecular formula is C18H21N3O2S. The SMILES string of the molecule is CCSc1ccccc1C(=O)NCCn1nc2c(cc1=O)CCC2. The summed E-state index contributed by atoms with van der Waals surface area (Å²) in [7, 11) is 0. The van der Waals surface area contributed by atoms with Gasteiger partial charge in [-0.05, 0) is 42.7 Å². The summed E-state index contributed by atoms with van der Waals surface area (Å²) in [6.07, 6.45) is 2.94. The van der Waals surface area contributed by atoms with E-state index in [0.29, 0.717) is 18.7 Å². The average Bonchev–Trinajstić information content (AvgIpc) is 3.02. The summed E-state index contributed by atoms with van der Waals surface area (Å²) in [4.78, 5) is 25.4. The third kappa shape index (κ3) is 3.70. The second-order valence-electron chi connectivity index (χ2n) is 5.72. The highest BCUT2D eigenvalue weighted by molar-refractivity contribution is 7.99. The zero-order valence-corrected chi connectivity index (χ0v) is 14.6. The summed E-state index contributed by atoms with van der Waals surface area (Å²) in [5, 5.41) is 7.31. The second kappa shape index (κ2) is 7.66. The Morgan fingerprint density at radius 3 is 3.00 bits per heavy atom. The smallest absolute Gasteiger partial charge is 0.267 e. The molecule has 1 aromatic heterocycles. The highest BCUT2D eigenvalue weighted by atomic mass is 32.2. The van der Waals surface area contributed by atoms with Crippen molar-refractivity contribution in [1.82, 2.24) is 15.1 Å². The van der Waals surface area contributed by atoms with Gasteiger partial charge in [-0.15, -0.1) is 11.8 Å². The number of aryl methyl sites for hydroxylation is 2. The lowest BCUT2D eigenvalue weighted by Gasteiger charge is -2.10. The molecule has 2 aromatic rings. The second-order valence-corrected chi connectivity index (χ2v) is 7.02. The van der Waals surface area contributed by atoms with Gasteiger partial charge < -0.3 is 5.32 Å². The minimum atomic E-state index is -0.110. The lowest BCUT2D eigenvalue weighted by atomic mass is 10.2. The Morgan fingerprint density at radius 1 is 1.33 bits per heavy atom. The van der Waals surface area contributed by atoms with Crippen molar-refractivity contribution in [2.24, 2.45) is 0 Å². The maximum Gasteiger partial charge on any atom is 0.267 e. The van der Waals surface area contributed by atoms with E-state index >= 15 is 0 Å². The minimum Gasteiger partial charge on any atom is -0.350 e. The summed E-state index contributed by atoms with van der Waals surface area (Å²) >= 11 is 1.65. The molecule has 3 rings (SSSR count). The van der Waals surface area contributed by atoms with E-state index in [4.69, 9.17) is 0 Å². The van der Waals surface area contributed by atoms with Crippen molar-refractivity contribution in [3.8, 4) is 0 Å². The van der Waals surface area contributed by atoms with E-state index in [-0.39, 0.29) is 11.5 Å². The Kier molecular flexibility index (Phi) is 5.35. The standard InChI is InChI=1S/C18H21N3O2S/c1-2-24-16-9-4-3-7-14(16)18(23)19-10-11-21-17(22)12-13-6-5-8-15(13)20-21/h3-4,7,9,12H,2,5-6,8,10-11H2,1H3,(H,19,23). The van der Waals surface area contributed by atoms with Crippen molar-refractivity contribution in [1.29, 1.82) is 0 Å². The van der Waals surface area contributed by atoms with Crippen molar-refractivity contribution < 1.29 is 4.79 Å². The van der Waals surface area contributed by atoms with Crippen LogP contribution in [0.3, 0.4) is 0 Å². The number of carbonyl (C=O) groups is 1. The third-order valence-electron chi connectivity index (χ3n) is 4.06. The number of thioether (sulfide) groups is 1. The van der Waals surface area contributed by atoms with E-state index in [0.717, 1.165) is 41.2 Å². The van der Waals surface area contributed by atoms with Crippen LogP contribution < -0.4 is 10.9 Å². The fraction of sp³-hybridized carbons (Fsp3) is 0.389. The number of rotatable bonds is 6. The van der Waals surface area contributed by atoms with Gasteiger partial charge in [0.15, 0.2) is 0 Å². The number of nitrogens with zero attached hydrogens (tertiary/aromatic N) is 2. The van der Waals surface area contributed by atoms with Gasteiger partial charge in [-0.3, -0.25) is 9.59 Å². The Bertz CT molecular complexity index is 801. The zero-order valence-electron chi connectivity index (χ0n) is 13.7. The summed E-state index contributed by atoms with van der Waals surface area (Å²) in [6.45, 7) is 2.84. The molecule has 5 nitrogen and oxygen atoms in total. The normalized spacial score (nSPS) is 12.9. The predicted octanol–water partition coefficient (Wildman–Crippen LogP) is 2.27. The van der Waals surface area contributed by atoms with E-state index in [2.05, 4.69) is 17.3 Å².